The molecule has 2 N–H and O–H groups in total. The summed E-state index contributed by atoms with van der Waals surface area (Å²) in [6, 6.07) is 7.08. The van der Waals surface area contributed by atoms with E-state index in [4.69, 9.17) is 0 Å². The summed E-state index contributed by atoms with van der Waals surface area (Å²) in [6.45, 7) is 4.62. The van der Waals surface area contributed by atoms with Crippen LogP contribution in [-0.4, -0.2) is 44.2 Å². The first kappa shape index (κ1) is 16.5. The van der Waals surface area contributed by atoms with Crippen LogP contribution in [0, 0.1) is 0 Å². The number of nitrogens with one attached hydrogen (secondary N) is 1. The van der Waals surface area contributed by atoms with Gasteiger partial charge in [-0.25, -0.2) is 8.42 Å². The van der Waals surface area contributed by atoms with Crippen LogP contribution in [0.25, 0.3) is 0 Å². The molecule has 1 aromatic rings. The first-order chi connectivity index (χ1) is 8.79. The zero-order valence-corrected chi connectivity index (χ0v) is 13.1. The summed E-state index contributed by atoms with van der Waals surface area (Å²) in [6.07, 6.45) is 0.776. The van der Waals surface area contributed by atoms with Gasteiger partial charge in [-0.1, -0.05) is 13.8 Å². The molecule has 6 heteroatoms. The van der Waals surface area contributed by atoms with E-state index in [2.05, 4.69) is 5.32 Å². The molecular formula is C13H21NO3S2. The highest BCUT2D eigenvalue weighted by Gasteiger charge is 2.08. The Labute approximate surface area is 119 Å². The number of thioether (sulfide) groups is 1. The molecule has 0 fully saturated rings. The molecule has 0 spiro atoms. The minimum Gasteiger partial charge on any atom is -0.391 e. The van der Waals surface area contributed by atoms with Gasteiger partial charge in [0.25, 0.3) is 0 Å². The number of benzene rings is 1. The first-order valence-corrected chi connectivity index (χ1v) is 9.01. The van der Waals surface area contributed by atoms with E-state index < -0.39 is 15.9 Å². The van der Waals surface area contributed by atoms with Gasteiger partial charge < -0.3 is 10.4 Å². The topological polar surface area (TPSA) is 66.4 Å². The van der Waals surface area contributed by atoms with Crippen molar-refractivity contribution in [3.63, 3.8) is 0 Å². The smallest absolute Gasteiger partial charge is 0.175 e. The van der Waals surface area contributed by atoms with Gasteiger partial charge in [0.15, 0.2) is 9.84 Å². The maximum atomic E-state index is 11.3. The largest absolute Gasteiger partial charge is 0.391 e. The van der Waals surface area contributed by atoms with E-state index in [-0.39, 0.29) is 0 Å². The average Bonchev–Trinajstić information content (AvgIpc) is 2.33. The summed E-state index contributed by atoms with van der Waals surface area (Å²) in [5.41, 5.74) is 0. The predicted octanol–water partition coefficient (Wildman–Crippen LogP) is 1.54. The van der Waals surface area contributed by atoms with Crippen molar-refractivity contribution in [2.24, 2.45) is 0 Å². The van der Waals surface area contributed by atoms with Crippen molar-refractivity contribution in [1.29, 1.82) is 0 Å². The van der Waals surface area contributed by atoms with Crippen molar-refractivity contribution in [3.8, 4) is 0 Å². The highest BCUT2D eigenvalue weighted by Crippen LogP contribution is 2.20. The summed E-state index contributed by atoms with van der Waals surface area (Å²) in [5, 5.41) is 12.9. The zero-order valence-electron chi connectivity index (χ0n) is 11.5. The van der Waals surface area contributed by atoms with Gasteiger partial charge in [0.05, 0.1) is 11.0 Å². The Kier molecular flexibility index (Phi) is 6.32. The van der Waals surface area contributed by atoms with Crippen LogP contribution in [-0.2, 0) is 9.84 Å². The standard InChI is InChI=1S/C13H21NO3S2/c1-10(2)14-8-11(15)9-18-12-4-6-13(7-5-12)19(3,16)17/h4-7,10-11,14-15H,8-9H2,1-3H3. The van der Waals surface area contributed by atoms with Crippen molar-refractivity contribution in [3.05, 3.63) is 24.3 Å². The second-order valence-electron chi connectivity index (χ2n) is 4.77. The quantitative estimate of drug-likeness (QED) is 0.748. The van der Waals surface area contributed by atoms with Crippen LogP contribution in [0.4, 0.5) is 0 Å². The summed E-state index contributed by atoms with van der Waals surface area (Å²) < 4.78 is 22.6. The molecule has 19 heavy (non-hydrogen) atoms. The molecule has 0 heterocycles. The minimum atomic E-state index is -3.14. The van der Waals surface area contributed by atoms with Gasteiger partial charge in [-0.15, -0.1) is 11.8 Å². The molecule has 108 valence electrons. The number of hydrogen-bond acceptors (Lipinski definition) is 5. The minimum absolute atomic E-state index is 0.318. The van der Waals surface area contributed by atoms with Crippen molar-refractivity contribution in [2.75, 3.05) is 18.6 Å². The SMILES string of the molecule is CC(C)NCC(O)CSc1ccc(S(C)(=O)=O)cc1. The van der Waals surface area contributed by atoms with Crippen LogP contribution in [0.1, 0.15) is 13.8 Å². The molecule has 0 aliphatic rings. The fourth-order valence-corrected chi connectivity index (χ4v) is 2.87. The highest BCUT2D eigenvalue weighted by atomic mass is 32.2. The fraction of sp³-hybridized carbons (Fsp3) is 0.538. The molecule has 1 unspecified atom stereocenters. The van der Waals surface area contributed by atoms with Gasteiger partial charge in [-0.3, -0.25) is 0 Å². The van der Waals surface area contributed by atoms with Gasteiger partial charge in [0, 0.05) is 29.5 Å². The Hall–Kier alpha value is -0.560. The van der Waals surface area contributed by atoms with E-state index in [9.17, 15) is 13.5 Å². The molecule has 0 bridgehead atoms. The molecule has 0 saturated carbocycles. The summed E-state index contributed by atoms with van der Waals surface area (Å²) in [4.78, 5) is 1.27. The van der Waals surface area contributed by atoms with Crippen molar-refractivity contribution in [2.45, 2.75) is 35.8 Å². The third kappa shape index (κ3) is 6.42. The Morgan fingerprint density at radius 1 is 1.26 bits per heavy atom. The van der Waals surface area contributed by atoms with E-state index >= 15 is 0 Å². The van der Waals surface area contributed by atoms with Gasteiger partial charge in [0.2, 0.25) is 0 Å². The maximum absolute atomic E-state index is 11.3. The summed E-state index contributed by atoms with van der Waals surface area (Å²) in [5.74, 6) is 0.581. The normalized spacial score (nSPS) is 13.7. The number of aliphatic hydroxyl groups excluding tert-OH is 1. The molecule has 0 aliphatic heterocycles. The van der Waals surface area contributed by atoms with E-state index in [1.54, 1.807) is 24.3 Å². The molecule has 4 nitrogen and oxygen atoms in total. The van der Waals surface area contributed by atoms with E-state index in [1.807, 2.05) is 13.8 Å². The Morgan fingerprint density at radius 2 is 1.84 bits per heavy atom. The Morgan fingerprint density at radius 3 is 2.32 bits per heavy atom. The van der Waals surface area contributed by atoms with E-state index in [0.717, 1.165) is 4.90 Å². The van der Waals surface area contributed by atoms with Gasteiger partial charge >= 0.3 is 0 Å². The van der Waals surface area contributed by atoms with Gasteiger partial charge in [-0.2, -0.15) is 0 Å². The second kappa shape index (κ2) is 7.28. The first-order valence-electron chi connectivity index (χ1n) is 6.13. The van der Waals surface area contributed by atoms with E-state index in [1.165, 1.54) is 18.0 Å². The van der Waals surface area contributed by atoms with Crippen LogP contribution >= 0.6 is 11.8 Å². The van der Waals surface area contributed by atoms with Crippen molar-refractivity contribution >= 4 is 21.6 Å². The fourth-order valence-electron chi connectivity index (χ4n) is 1.41. The Balaban J connectivity index is 2.46. The van der Waals surface area contributed by atoms with Crippen molar-refractivity contribution < 1.29 is 13.5 Å². The third-order valence-electron chi connectivity index (χ3n) is 2.46. The lowest BCUT2D eigenvalue weighted by molar-refractivity contribution is 0.192. The highest BCUT2D eigenvalue weighted by molar-refractivity contribution is 7.99. The van der Waals surface area contributed by atoms with Crippen LogP contribution in [0.5, 0.6) is 0 Å². The molecule has 0 aliphatic carbocycles. The van der Waals surface area contributed by atoms with Crippen LogP contribution in [0.3, 0.4) is 0 Å². The molecule has 1 atom stereocenters. The van der Waals surface area contributed by atoms with Crippen molar-refractivity contribution in [1.82, 2.24) is 5.32 Å². The lowest BCUT2D eigenvalue weighted by Crippen LogP contribution is -2.33. The number of rotatable bonds is 7. The summed E-state index contributed by atoms with van der Waals surface area (Å²) in [7, 11) is -3.14. The molecule has 0 radical (unpaired) electrons. The lowest BCUT2D eigenvalue weighted by Gasteiger charge is -2.13. The zero-order chi connectivity index (χ0) is 14.5. The number of aliphatic hydroxyl groups is 1. The van der Waals surface area contributed by atoms with Gasteiger partial charge in [-0.05, 0) is 24.3 Å². The molecule has 1 aromatic carbocycles. The maximum Gasteiger partial charge on any atom is 0.175 e. The van der Waals surface area contributed by atoms with Crippen LogP contribution in [0.2, 0.25) is 0 Å². The molecular weight excluding hydrogens is 282 g/mol. The van der Waals surface area contributed by atoms with Crippen LogP contribution in [0.15, 0.2) is 34.1 Å². The van der Waals surface area contributed by atoms with Gasteiger partial charge in [0.1, 0.15) is 0 Å². The average molecular weight is 303 g/mol. The summed E-state index contributed by atoms with van der Waals surface area (Å²) >= 11 is 1.51. The predicted molar refractivity (Wildman–Crippen MR) is 79.4 cm³/mol. The monoisotopic (exact) mass is 303 g/mol. The molecule has 0 aromatic heterocycles. The number of sulfone groups is 1. The Bertz CT molecular complexity index is 483. The second-order valence-corrected chi connectivity index (χ2v) is 7.88. The number of hydrogen-bond donors (Lipinski definition) is 2. The van der Waals surface area contributed by atoms with E-state index in [0.29, 0.717) is 23.2 Å². The molecule has 0 amide bonds. The molecule has 0 saturated heterocycles. The lowest BCUT2D eigenvalue weighted by atomic mass is 10.3. The van der Waals surface area contributed by atoms with Crippen LogP contribution < -0.4 is 5.32 Å². The molecule has 1 rings (SSSR count). The third-order valence-corrected chi connectivity index (χ3v) is 4.74.